The molecule has 0 bridgehead atoms. The fourth-order valence-electron chi connectivity index (χ4n) is 2.37. The molecule has 0 amide bonds. The SMILES string of the molecule is CNC[C@H]1O[C@@H](n2cc(C)c(N)nc2=O)[C@@H](O)C1OC. The van der Waals surface area contributed by atoms with Gasteiger partial charge in [-0.3, -0.25) is 4.57 Å². The van der Waals surface area contributed by atoms with Crippen molar-refractivity contribution < 1.29 is 14.6 Å². The predicted octanol–water partition coefficient (Wildman–Crippen LogP) is -1.37. The highest BCUT2D eigenvalue weighted by Crippen LogP contribution is 2.30. The zero-order valence-corrected chi connectivity index (χ0v) is 11.7. The van der Waals surface area contributed by atoms with Crippen LogP contribution in [-0.2, 0) is 9.47 Å². The number of aromatic nitrogens is 2. The van der Waals surface area contributed by atoms with Gasteiger partial charge in [-0.1, -0.05) is 0 Å². The van der Waals surface area contributed by atoms with E-state index in [-0.39, 0.29) is 11.9 Å². The summed E-state index contributed by atoms with van der Waals surface area (Å²) in [4.78, 5) is 15.6. The van der Waals surface area contributed by atoms with E-state index in [1.165, 1.54) is 17.9 Å². The molecule has 1 aromatic rings. The second-order valence-corrected chi connectivity index (χ2v) is 4.81. The molecule has 1 saturated heterocycles. The first-order valence-electron chi connectivity index (χ1n) is 6.35. The van der Waals surface area contributed by atoms with Gasteiger partial charge in [0, 0.05) is 25.4 Å². The molecule has 0 spiro atoms. The van der Waals surface area contributed by atoms with E-state index in [0.29, 0.717) is 12.1 Å². The van der Waals surface area contributed by atoms with E-state index >= 15 is 0 Å². The Bertz CT molecular complexity index is 533. The Balaban J connectivity index is 2.34. The molecule has 1 aromatic heterocycles. The van der Waals surface area contributed by atoms with Crippen LogP contribution in [0.5, 0.6) is 0 Å². The first-order chi connectivity index (χ1) is 9.49. The van der Waals surface area contributed by atoms with Gasteiger partial charge in [-0.2, -0.15) is 4.98 Å². The maximum absolute atomic E-state index is 11.9. The van der Waals surface area contributed by atoms with E-state index < -0.39 is 24.1 Å². The standard InChI is InChI=1S/C12H20N4O4/c1-6-5-16(12(18)15-10(6)13)11-8(17)9(19-3)7(20-11)4-14-2/h5,7-9,11,14,17H,4H2,1-3H3,(H2,13,15,18)/t7-,8+,9?,11-/m1/s1. The number of nitrogens with two attached hydrogens (primary N) is 1. The lowest BCUT2D eigenvalue weighted by atomic mass is 10.1. The molecule has 4 atom stereocenters. The quantitative estimate of drug-likeness (QED) is 0.625. The molecule has 20 heavy (non-hydrogen) atoms. The highest BCUT2D eigenvalue weighted by atomic mass is 16.6. The fourth-order valence-corrected chi connectivity index (χ4v) is 2.37. The Hall–Kier alpha value is -1.48. The summed E-state index contributed by atoms with van der Waals surface area (Å²) in [6.45, 7) is 2.24. The number of rotatable bonds is 4. The predicted molar refractivity (Wildman–Crippen MR) is 72.3 cm³/mol. The largest absolute Gasteiger partial charge is 0.386 e. The minimum absolute atomic E-state index is 0.175. The maximum atomic E-state index is 11.9. The van der Waals surface area contributed by atoms with Gasteiger partial charge in [-0.25, -0.2) is 4.79 Å². The first kappa shape index (κ1) is 14.9. The highest BCUT2D eigenvalue weighted by Gasteiger charge is 2.45. The number of hydrogen-bond acceptors (Lipinski definition) is 7. The molecule has 4 N–H and O–H groups in total. The van der Waals surface area contributed by atoms with E-state index in [4.69, 9.17) is 15.2 Å². The summed E-state index contributed by atoms with van der Waals surface area (Å²) in [6.07, 6.45) is -1.13. The molecule has 0 aromatic carbocycles. The number of nitrogens with zero attached hydrogens (tertiary/aromatic N) is 2. The van der Waals surface area contributed by atoms with Crippen LogP contribution >= 0.6 is 0 Å². The van der Waals surface area contributed by atoms with Crippen molar-refractivity contribution in [2.45, 2.75) is 31.5 Å². The van der Waals surface area contributed by atoms with Crippen LogP contribution in [0.3, 0.4) is 0 Å². The lowest BCUT2D eigenvalue weighted by Crippen LogP contribution is -2.39. The van der Waals surface area contributed by atoms with Crippen molar-refractivity contribution >= 4 is 5.82 Å². The molecule has 112 valence electrons. The molecule has 1 aliphatic heterocycles. The van der Waals surface area contributed by atoms with Crippen molar-refractivity contribution in [1.29, 1.82) is 0 Å². The molecule has 8 nitrogen and oxygen atoms in total. The van der Waals surface area contributed by atoms with Crippen LogP contribution in [0.2, 0.25) is 0 Å². The van der Waals surface area contributed by atoms with Gasteiger partial charge in [-0.05, 0) is 14.0 Å². The van der Waals surface area contributed by atoms with E-state index in [0.717, 1.165) is 0 Å². The molecule has 0 radical (unpaired) electrons. The van der Waals surface area contributed by atoms with E-state index in [2.05, 4.69) is 10.3 Å². The third kappa shape index (κ3) is 2.55. The van der Waals surface area contributed by atoms with Crippen molar-refractivity contribution in [2.24, 2.45) is 0 Å². The van der Waals surface area contributed by atoms with Gasteiger partial charge in [0.25, 0.3) is 0 Å². The normalized spacial score (nSPS) is 29.8. The number of aryl methyl sites for hydroxylation is 1. The number of nitrogen functional groups attached to an aromatic ring is 1. The summed E-state index contributed by atoms with van der Waals surface area (Å²) in [5, 5.41) is 13.2. The summed E-state index contributed by atoms with van der Waals surface area (Å²) in [5.41, 5.74) is 5.68. The molecule has 2 rings (SSSR count). The molecule has 0 aliphatic carbocycles. The van der Waals surface area contributed by atoms with Gasteiger partial charge in [0.2, 0.25) is 0 Å². The lowest BCUT2D eigenvalue weighted by molar-refractivity contribution is -0.0387. The topological polar surface area (TPSA) is 112 Å². The molecule has 0 saturated carbocycles. The molecule has 1 fully saturated rings. The Kier molecular flexibility index (Phi) is 4.39. The Labute approximate surface area is 116 Å². The fraction of sp³-hybridized carbons (Fsp3) is 0.667. The zero-order valence-electron chi connectivity index (χ0n) is 11.7. The van der Waals surface area contributed by atoms with Gasteiger partial charge in [0.05, 0.1) is 0 Å². The second-order valence-electron chi connectivity index (χ2n) is 4.81. The molecular formula is C12H20N4O4. The number of ether oxygens (including phenoxy) is 2. The van der Waals surface area contributed by atoms with Crippen LogP contribution in [0.1, 0.15) is 11.8 Å². The lowest BCUT2D eigenvalue weighted by Gasteiger charge is -2.19. The zero-order chi connectivity index (χ0) is 14.9. The van der Waals surface area contributed by atoms with E-state index in [1.807, 2.05) is 0 Å². The summed E-state index contributed by atoms with van der Waals surface area (Å²) < 4.78 is 12.2. The van der Waals surface area contributed by atoms with Gasteiger partial charge in [0.1, 0.15) is 24.1 Å². The summed E-state index contributed by atoms with van der Waals surface area (Å²) in [6, 6.07) is 0. The molecule has 2 heterocycles. The Morgan fingerprint density at radius 1 is 1.65 bits per heavy atom. The molecular weight excluding hydrogens is 264 g/mol. The molecule has 8 heteroatoms. The minimum atomic E-state index is -0.958. The summed E-state index contributed by atoms with van der Waals surface area (Å²) >= 11 is 0. The summed E-state index contributed by atoms with van der Waals surface area (Å²) in [5.74, 6) is 0.175. The third-order valence-electron chi connectivity index (χ3n) is 3.43. The van der Waals surface area contributed by atoms with Gasteiger partial charge in [-0.15, -0.1) is 0 Å². The van der Waals surface area contributed by atoms with Crippen molar-refractivity contribution in [3.63, 3.8) is 0 Å². The van der Waals surface area contributed by atoms with E-state index in [1.54, 1.807) is 14.0 Å². The van der Waals surface area contributed by atoms with Crippen LogP contribution in [0.4, 0.5) is 5.82 Å². The van der Waals surface area contributed by atoms with Crippen molar-refractivity contribution in [3.8, 4) is 0 Å². The smallest absolute Gasteiger partial charge is 0.351 e. The van der Waals surface area contributed by atoms with Crippen LogP contribution in [-0.4, -0.2) is 53.7 Å². The van der Waals surface area contributed by atoms with Gasteiger partial charge >= 0.3 is 5.69 Å². The van der Waals surface area contributed by atoms with Crippen molar-refractivity contribution in [1.82, 2.24) is 14.9 Å². The van der Waals surface area contributed by atoms with Gasteiger partial charge < -0.3 is 25.6 Å². The van der Waals surface area contributed by atoms with Gasteiger partial charge in [0.15, 0.2) is 6.23 Å². The van der Waals surface area contributed by atoms with Crippen molar-refractivity contribution in [2.75, 3.05) is 26.4 Å². The number of hydrogen-bond donors (Lipinski definition) is 3. The summed E-state index contributed by atoms with van der Waals surface area (Å²) in [7, 11) is 3.27. The van der Waals surface area contributed by atoms with Crippen LogP contribution in [0, 0.1) is 6.92 Å². The van der Waals surface area contributed by atoms with Crippen LogP contribution in [0.15, 0.2) is 11.0 Å². The number of anilines is 1. The average molecular weight is 284 g/mol. The number of nitrogens with one attached hydrogen (secondary N) is 1. The molecule has 1 unspecified atom stereocenters. The number of aliphatic hydroxyl groups excluding tert-OH is 1. The Morgan fingerprint density at radius 3 is 2.95 bits per heavy atom. The number of aliphatic hydroxyl groups is 1. The van der Waals surface area contributed by atoms with Crippen LogP contribution in [0.25, 0.3) is 0 Å². The monoisotopic (exact) mass is 284 g/mol. The van der Waals surface area contributed by atoms with Crippen LogP contribution < -0.4 is 16.7 Å². The maximum Gasteiger partial charge on any atom is 0.351 e. The number of methoxy groups -OCH3 is 1. The van der Waals surface area contributed by atoms with Crippen molar-refractivity contribution in [3.05, 3.63) is 22.2 Å². The number of likely N-dealkylation sites (N-methyl/N-ethyl adjacent to an activating group) is 1. The highest BCUT2D eigenvalue weighted by molar-refractivity contribution is 5.35. The third-order valence-corrected chi connectivity index (χ3v) is 3.43. The second kappa shape index (κ2) is 5.88. The minimum Gasteiger partial charge on any atom is -0.386 e. The Morgan fingerprint density at radius 2 is 2.35 bits per heavy atom. The van der Waals surface area contributed by atoms with E-state index in [9.17, 15) is 9.90 Å². The molecule has 1 aliphatic rings. The average Bonchev–Trinajstić information content (AvgIpc) is 2.71. The first-order valence-corrected chi connectivity index (χ1v) is 6.35.